The molecule has 20 heavy (non-hydrogen) atoms. The van der Waals surface area contributed by atoms with Crippen molar-refractivity contribution in [2.45, 2.75) is 13.0 Å². The van der Waals surface area contributed by atoms with Crippen molar-refractivity contribution < 1.29 is 14.3 Å². The van der Waals surface area contributed by atoms with Crippen molar-refractivity contribution in [2.24, 2.45) is 0 Å². The second kappa shape index (κ2) is 6.05. The number of carbonyl (C=O) groups is 1. The molecular formula is C15H13BrFNO2. The number of hydrogen-bond donors (Lipinski definition) is 2. The van der Waals surface area contributed by atoms with E-state index >= 15 is 0 Å². The van der Waals surface area contributed by atoms with E-state index in [1.54, 1.807) is 24.3 Å². The average Bonchev–Trinajstić information content (AvgIpc) is 2.39. The molecule has 3 nitrogen and oxygen atoms in total. The zero-order valence-electron chi connectivity index (χ0n) is 10.7. The minimum Gasteiger partial charge on any atom is -0.478 e. The fourth-order valence-electron chi connectivity index (χ4n) is 1.89. The van der Waals surface area contributed by atoms with E-state index in [-0.39, 0.29) is 17.4 Å². The molecule has 5 heteroatoms. The van der Waals surface area contributed by atoms with Crippen LogP contribution in [0.1, 0.15) is 28.9 Å². The smallest absolute Gasteiger partial charge is 0.337 e. The zero-order valence-corrected chi connectivity index (χ0v) is 12.3. The van der Waals surface area contributed by atoms with E-state index in [9.17, 15) is 14.3 Å². The summed E-state index contributed by atoms with van der Waals surface area (Å²) in [7, 11) is 0. The molecule has 1 unspecified atom stereocenters. The molecule has 0 saturated carbocycles. The number of benzene rings is 2. The number of rotatable bonds is 4. The quantitative estimate of drug-likeness (QED) is 0.865. The number of carboxylic acid groups (broad SMARTS) is 1. The largest absolute Gasteiger partial charge is 0.478 e. The second-order valence-corrected chi connectivity index (χ2v) is 5.33. The van der Waals surface area contributed by atoms with Crippen LogP contribution >= 0.6 is 15.9 Å². The normalized spacial score (nSPS) is 11.9. The summed E-state index contributed by atoms with van der Waals surface area (Å²) in [4.78, 5) is 11.2. The third kappa shape index (κ3) is 3.36. The van der Waals surface area contributed by atoms with Crippen molar-refractivity contribution in [1.82, 2.24) is 0 Å². The molecule has 2 rings (SSSR count). The van der Waals surface area contributed by atoms with Gasteiger partial charge in [0.25, 0.3) is 0 Å². The first-order valence-corrected chi connectivity index (χ1v) is 6.81. The molecule has 2 aromatic carbocycles. The topological polar surface area (TPSA) is 49.3 Å². The Labute approximate surface area is 124 Å². The number of carboxylic acids is 1. The molecule has 0 amide bonds. The van der Waals surface area contributed by atoms with Crippen molar-refractivity contribution in [1.29, 1.82) is 0 Å². The molecule has 2 N–H and O–H groups in total. The van der Waals surface area contributed by atoms with Crippen LogP contribution in [0.2, 0.25) is 0 Å². The third-order valence-corrected chi connectivity index (χ3v) is 3.45. The molecule has 0 saturated heterocycles. The summed E-state index contributed by atoms with van der Waals surface area (Å²) < 4.78 is 13.7. The van der Waals surface area contributed by atoms with Gasteiger partial charge in [0, 0.05) is 10.5 Å². The van der Waals surface area contributed by atoms with Crippen LogP contribution in [0.5, 0.6) is 0 Å². The lowest BCUT2D eigenvalue weighted by Crippen LogP contribution is -2.10. The number of halogens is 2. The van der Waals surface area contributed by atoms with Crippen molar-refractivity contribution in [3.8, 4) is 0 Å². The number of aromatic carboxylic acids is 1. The Morgan fingerprint density at radius 3 is 2.50 bits per heavy atom. The van der Waals surface area contributed by atoms with Crippen LogP contribution in [0.3, 0.4) is 0 Å². The Morgan fingerprint density at radius 2 is 1.90 bits per heavy atom. The molecule has 0 heterocycles. The monoisotopic (exact) mass is 337 g/mol. The lowest BCUT2D eigenvalue weighted by atomic mass is 10.1. The first-order chi connectivity index (χ1) is 9.47. The van der Waals surface area contributed by atoms with E-state index in [2.05, 4.69) is 21.2 Å². The Bertz CT molecular complexity index is 628. The van der Waals surface area contributed by atoms with Crippen LogP contribution in [0, 0.1) is 5.82 Å². The van der Waals surface area contributed by atoms with Crippen LogP contribution < -0.4 is 5.32 Å². The van der Waals surface area contributed by atoms with Gasteiger partial charge < -0.3 is 10.4 Å². The van der Waals surface area contributed by atoms with Gasteiger partial charge in [0.05, 0.1) is 11.3 Å². The minimum atomic E-state index is -0.994. The van der Waals surface area contributed by atoms with Gasteiger partial charge in [-0.05, 0) is 42.8 Å². The molecule has 104 valence electrons. The summed E-state index contributed by atoms with van der Waals surface area (Å²) in [6, 6.07) is 10.9. The molecule has 0 aliphatic heterocycles. The van der Waals surface area contributed by atoms with Gasteiger partial charge in [-0.1, -0.05) is 28.1 Å². The Kier molecular flexibility index (Phi) is 4.39. The first-order valence-electron chi connectivity index (χ1n) is 6.02. The highest BCUT2D eigenvalue weighted by molar-refractivity contribution is 9.10. The molecule has 0 fully saturated rings. The highest BCUT2D eigenvalue weighted by Gasteiger charge is 2.13. The van der Waals surface area contributed by atoms with Crippen molar-refractivity contribution in [3.05, 3.63) is 63.9 Å². The Hall–Kier alpha value is -1.88. The van der Waals surface area contributed by atoms with Crippen LogP contribution in [-0.4, -0.2) is 11.1 Å². The predicted octanol–water partition coefficient (Wildman–Crippen LogP) is 4.46. The molecule has 0 aromatic heterocycles. The highest BCUT2D eigenvalue weighted by Crippen LogP contribution is 2.26. The van der Waals surface area contributed by atoms with Gasteiger partial charge in [-0.2, -0.15) is 0 Å². The molecule has 0 aliphatic rings. The Morgan fingerprint density at radius 1 is 1.25 bits per heavy atom. The maximum Gasteiger partial charge on any atom is 0.337 e. The van der Waals surface area contributed by atoms with E-state index in [1.165, 1.54) is 18.2 Å². The molecule has 2 aromatic rings. The van der Waals surface area contributed by atoms with Crippen LogP contribution in [-0.2, 0) is 0 Å². The molecule has 0 spiro atoms. The first kappa shape index (κ1) is 14.5. The maximum absolute atomic E-state index is 12.9. The van der Waals surface area contributed by atoms with Gasteiger partial charge in [0.15, 0.2) is 0 Å². The van der Waals surface area contributed by atoms with Gasteiger partial charge in [-0.15, -0.1) is 0 Å². The fourth-order valence-corrected chi connectivity index (χ4v) is 2.25. The van der Waals surface area contributed by atoms with E-state index in [4.69, 9.17) is 0 Å². The highest BCUT2D eigenvalue weighted by atomic mass is 79.9. The van der Waals surface area contributed by atoms with Crippen LogP contribution in [0.4, 0.5) is 10.1 Å². The van der Waals surface area contributed by atoms with E-state index in [0.29, 0.717) is 5.69 Å². The molecular weight excluding hydrogens is 325 g/mol. The van der Waals surface area contributed by atoms with Crippen molar-refractivity contribution in [2.75, 3.05) is 5.32 Å². The van der Waals surface area contributed by atoms with Crippen LogP contribution in [0.15, 0.2) is 46.9 Å². The van der Waals surface area contributed by atoms with Crippen molar-refractivity contribution in [3.63, 3.8) is 0 Å². The predicted molar refractivity (Wildman–Crippen MR) is 79.5 cm³/mol. The molecule has 1 atom stereocenters. The third-order valence-electron chi connectivity index (χ3n) is 2.95. The van der Waals surface area contributed by atoms with Crippen molar-refractivity contribution >= 4 is 27.6 Å². The van der Waals surface area contributed by atoms with E-state index < -0.39 is 5.97 Å². The summed E-state index contributed by atoms with van der Waals surface area (Å²) in [6.45, 7) is 1.89. The van der Waals surface area contributed by atoms with Crippen LogP contribution in [0.25, 0.3) is 0 Å². The van der Waals surface area contributed by atoms with Gasteiger partial charge in [0.1, 0.15) is 5.82 Å². The van der Waals surface area contributed by atoms with E-state index in [1.807, 2.05) is 6.92 Å². The lowest BCUT2D eigenvalue weighted by molar-refractivity contribution is 0.0698. The standard InChI is InChI=1S/C15H13BrFNO2/c1-9(10-2-5-12(17)6-3-10)18-14-8-11(16)4-7-13(14)15(19)20/h2-9,18H,1H3,(H,19,20). The maximum atomic E-state index is 12.9. The summed E-state index contributed by atoms with van der Waals surface area (Å²) in [5, 5.41) is 12.3. The molecule has 0 aliphatic carbocycles. The number of nitrogens with one attached hydrogen (secondary N) is 1. The molecule has 0 bridgehead atoms. The zero-order chi connectivity index (χ0) is 14.7. The van der Waals surface area contributed by atoms with Gasteiger partial charge in [0.2, 0.25) is 0 Å². The summed E-state index contributed by atoms with van der Waals surface area (Å²) in [6.07, 6.45) is 0. The lowest BCUT2D eigenvalue weighted by Gasteiger charge is -2.17. The minimum absolute atomic E-state index is 0.136. The fraction of sp³-hybridized carbons (Fsp3) is 0.133. The average molecular weight is 338 g/mol. The second-order valence-electron chi connectivity index (χ2n) is 4.41. The number of anilines is 1. The SMILES string of the molecule is CC(Nc1cc(Br)ccc1C(=O)O)c1ccc(F)cc1. The van der Waals surface area contributed by atoms with Gasteiger partial charge in [-0.3, -0.25) is 0 Å². The number of hydrogen-bond acceptors (Lipinski definition) is 2. The summed E-state index contributed by atoms with van der Waals surface area (Å²) in [5.41, 5.74) is 1.59. The summed E-state index contributed by atoms with van der Waals surface area (Å²) >= 11 is 3.32. The summed E-state index contributed by atoms with van der Waals surface area (Å²) in [5.74, 6) is -1.29. The van der Waals surface area contributed by atoms with E-state index in [0.717, 1.165) is 10.0 Å². The molecule has 0 radical (unpaired) electrons. The Balaban J connectivity index is 2.27. The van der Waals surface area contributed by atoms with Gasteiger partial charge in [-0.25, -0.2) is 9.18 Å². The van der Waals surface area contributed by atoms with Gasteiger partial charge >= 0.3 is 5.97 Å².